The minimum atomic E-state index is -1.17. The van der Waals surface area contributed by atoms with Gasteiger partial charge in [-0.1, -0.05) is 38.1 Å². The molecule has 0 aromatic heterocycles. The molecule has 2 aromatic carbocycles. The molecule has 0 atom stereocenters. The van der Waals surface area contributed by atoms with Gasteiger partial charge in [0.25, 0.3) is 0 Å². The van der Waals surface area contributed by atoms with Crippen LogP contribution < -0.4 is 4.90 Å². The van der Waals surface area contributed by atoms with Gasteiger partial charge in [-0.3, -0.25) is 0 Å². The molecule has 0 aliphatic carbocycles. The highest BCUT2D eigenvalue weighted by atomic mass is 16.4. The number of aryl methyl sites for hydroxylation is 1. The highest BCUT2D eigenvalue weighted by Crippen LogP contribution is 2.33. The Kier molecular flexibility index (Phi) is 7.48. The molecule has 3 N–H and O–H groups in total. The number of carboxylic acid groups (broad SMARTS) is 1. The van der Waals surface area contributed by atoms with Crippen LogP contribution in [-0.2, 0) is 11.8 Å². The van der Waals surface area contributed by atoms with Crippen LogP contribution in [0.4, 0.5) is 5.69 Å². The Bertz CT molecular complexity index is 925. The van der Waals surface area contributed by atoms with Gasteiger partial charge < -0.3 is 20.3 Å². The van der Waals surface area contributed by atoms with Crippen LogP contribution in [0.2, 0.25) is 0 Å². The number of oxime groups is 1. The van der Waals surface area contributed by atoms with Crippen molar-refractivity contribution in [3.8, 4) is 5.75 Å². The van der Waals surface area contributed by atoms with Crippen LogP contribution in [-0.4, -0.2) is 40.2 Å². The van der Waals surface area contributed by atoms with Crippen molar-refractivity contribution in [2.24, 2.45) is 5.16 Å². The molecule has 0 saturated carbocycles. The van der Waals surface area contributed by atoms with Gasteiger partial charge in [-0.05, 0) is 73.1 Å². The molecule has 2 aromatic rings. The summed E-state index contributed by atoms with van der Waals surface area (Å²) in [5.74, 6) is -1.43. The number of hydrogen-bond donors (Lipinski definition) is 3. The van der Waals surface area contributed by atoms with Crippen LogP contribution >= 0.6 is 0 Å². The maximum atomic E-state index is 11.0. The van der Waals surface area contributed by atoms with E-state index in [9.17, 15) is 15.1 Å². The number of hydrogen-bond acceptors (Lipinski definition) is 5. The number of phenols is 1. The fraction of sp³-hybridized carbons (Fsp3) is 0.417. The van der Waals surface area contributed by atoms with Crippen molar-refractivity contribution < 1.29 is 20.2 Å². The van der Waals surface area contributed by atoms with E-state index in [0.29, 0.717) is 18.6 Å². The van der Waals surface area contributed by atoms with E-state index in [2.05, 4.69) is 56.8 Å². The first-order valence-electron chi connectivity index (χ1n) is 10.3. The van der Waals surface area contributed by atoms with Crippen LogP contribution in [0.3, 0.4) is 0 Å². The maximum Gasteiger partial charge on any atom is 0.339 e. The van der Waals surface area contributed by atoms with E-state index in [1.165, 1.54) is 23.4 Å². The van der Waals surface area contributed by atoms with Gasteiger partial charge in [0.05, 0.1) is 5.71 Å². The monoisotopic (exact) mass is 412 g/mol. The first-order valence-corrected chi connectivity index (χ1v) is 10.3. The molecule has 0 aliphatic rings. The molecule has 2 rings (SSSR count). The molecule has 0 amide bonds. The Morgan fingerprint density at radius 1 is 1.07 bits per heavy atom. The van der Waals surface area contributed by atoms with Gasteiger partial charge in [0.15, 0.2) is 0 Å². The zero-order valence-electron chi connectivity index (χ0n) is 18.4. The molecule has 0 unspecified atom stereocenters. The second-order valence-electron chi connectivity index (χ2n) is 8.36. The number of nitrogens with zero attached hydrogens (tertiary/aromatic N) is 2. The van der Waals surface area contributed by atoms with E-state index in [4.69, 9.17) is 5.11 Å². The van der Waals surface area contributed by atoms with E-state index in [-0.39, 0.29) is 16.7 Å². The number of carbonyl (C=O) groups is 1. The Hall–Kier alpha value is -3.02. The van der Waals surface area contributed by atoms with Gasteiger partial charge in [-0.2, -0.15) is 0 Å². The molecule has 6 heteroatoms. The predicted octanol–water partition coefficient (Wildman–Crippen LogP) is 5.05. The third-order valence-corrected chi connectivity index (χ3v) is 5.31. The van der Waals surface area contributed by atoms with Crippen LogP contribution in [0.1, 0.15) is 68.1 Å². The Morgan fingerprint density at radius 2 is 1.73 bits per heavy atom. The van der Waals surface area contributed by atoms with E-state index in [1.54, 1.807) is 6.07 Å². The van der Waals surface area contributed by atoms with Gasteiger partial charge in [0.1, 0.15) is 11.3 Å². The van der Waals surface area contributed by atoms with Gasteiger partial charge in [-0.15, -0.1) is 0 Å². The molecule has 30 heavy (non-hydrogen) atoms. The fourth-order valence-electron chi connectivity index (χ4n) is 3.58. The second-order valence-corrected chi connectivity index (χ2v) is 8.36. The van der Waals surface area contributed by atoms with Crippen molar-refractivity contribution in [2.75, 3.05) is 18.0 Å². The molecule has 162 valence electrons. The lowest BCUT2D eigenvalue weighted by molar-refractivity contribution is 0.0693. The smallest absolute Gasteiger partial charge is 0.339 e. The minimum Gasteiger partial charge on any atom is -0.507 e. The van der Waals surface area contributed by atoms with Crippen LogP contribution in [0.15, 0.2) is 41.6 Å². The minimum absolute atomic E-state index is 0.0764. The van der Waals surface area contributed by atoms with Crippen molar-refractivity contribution in [3.63, 3.8) is 0 Å². The number of benzene rings is 2. The fourth-order valence-corrected chi connectivity index (χ4v) is 3.58. The predicted molar refractivity (Wildman–Crippen MR) is 120 cm³/mol. The molecule has 0 bridgehead atoms. The molecule has 0 radical (unpaired) electrons. The lowest BCUT2D eigenvalue weighted by Gasteiger charge is -2.30. The van der Waals surface area contributed by atoms with Gasteiger partial charge in [-0.25, -0.2) is 4.79 Å². The summed E-state index contributed by atoms with van der Waals surface area (Å²) in [4.78, 5) is 13.4. The standard InChI is InChI=1S/C24H32N2O4/c1-6-26(7-2)21-13-10-17(15-19(21)24(3,4)5)20(25-30)12-9-16-8-11-18(23(28)29)22(27)14-16/h8,10-11,13-15,27,30H,6-7,9,12H2,1-5H3,(H,28,29)/b25-20-. The summed E-state index contributed by atoms with van der Waals surface area (Å²) in [6.07, 6.45) is 0.964. The quantitative estimate of drug-likeness (QED) is 0.321. The van der Waals surface area contributed by atoms with Crippen molar-refractivity contribution >= 4 is 17.4 Å². The molecule has 0 saturated heterocycles. The Morgan fingerprint density at radius 3 is 2.23 bits per heavy atom. The summed E-state index contributed by atoms with van der Waals surface area (Å²) in [6, 6.07) is 10.7. The summed E-state index contributed by atoms with van der Waals surface area (Å²) in [7, 11) is 0. The summed E-state index contributed by atoms with van der Waals surface area (Å²) >= 11 is 0. The van der Waals surface area contributed by atoms with Crippen molar-refractivity contribution in [1.82, 2.24) is 0 Å². The number of aromatic hydroxyl groups is 1. The molecule has 0 heterocycles. The number of carboxylic acids is 1. The van der Waals surface area contributed by atoms with Crippen molar-refractivity contribution in [2.45, 2.75) is 52.9 Å². The largest absolute Gasteiger partial charge is 0.507 e. The van der Waals surface area contributed by atoms with Crippen molar-refractivity contribution in [1.29, 1.82) is 0 Å². The van der Waals surface area contributed by atoms with Crippen LogP contribution in [0.5, 0.6) is 5.75 Å². The van der Waals surface area contributed by atoms with Crippen LogP contribution in [0.25, 0.3) is 0 Å². The van der Waals surface area contributed by atoms with Crippen LogP contribution in [0, 0.1) is 0 Å². The van der Waals surface area contributed by atoms with E-state index in [1.807, 2.05) is 6.07 Å². The van der Waals surface area contributed by atoms with Crippen molar-refractivity contribution in [3.05, 3.63) is 58.7 Å². The lowest BCUT2D eigenvalue weighted by atomic mass is 9.83. The topological polar surface area (TPSA) is 93.4 Å². The number of aromatic carboxylic acids is 1. The third-order valence-electron chi connectivity index (χ3n) is 5.31. The first kappa shape index (κ1) is 23.3. The summed E-state index contributed by atoms with van der Waals surface area (Å²) in [5.41, 5.74) is 4.34. The van der Waals surface area contributed by atoms with E-state index >= 15 is 0 Å². The summed E-state index contributed by atoms with van der Waals surface area (Å²) in [5, 5.41) is 32.1. The average Bonchev–Trinajstić information content (AvgIpc) is 2.69. The molecule has 0 fully saturated rings. The number of anilines is 1. The summed E-state index contributed by atoms with van der Waals surface area (Å²) < 4.78 is 0. The van der Waals surface area contributed by atoms with Gasteiger partial charge >= 0.3 is 5.97 Å². The second kappa shape index (κ2) is 9.65. The molecular formula is C24H32N2O4. The van der Waals surface area contributed by atoms with Gasteiger partial charge in [0.2, 0.25) is 0 Å². The Balaban J connectivity index is 2.30. The Labute approximate surface area is 178 Å². The van der Waals surface area contributed by atoms with E-state index < -0.39 is 5.97 Å². The summed E-state index contributed by atoms with van der Waals surface area (Å²) in [6.45, 7) is 12.6. The van der Waals surface area contributed by atoms with E-state index in [0.717, 1.165) is 24.2 Å². The zero-order valence-corrected chi connectivity index (χ0v) is 18.4. The normalized spacial score (nSPS) is 12.1. The zero-order chi connectivity index (χ0) is 22.5. The SMILES string of the molecule is CCN(CC)c1ccc(/C(CCc2ccc(C(=O)O)c(O)c2)=N\O)cc1C(C)(C)C. The molecule has 0 spiro atoms. The van der Waals surface area contributed by atoms with Gasteiger partial charge in [0, 0.05) is 18.8 Å². The third kappa shape index (κ3) is 5.32. The first-order chi connectivity index (χ1) is 14.1. The highest BCUT2D eigenvalue weighted by molar-refractivity contribution is 6.01. The molecule has 0 aliphatic heterocycles. The molecular weight excluding hydrogens is 380 g/mol. The molecule has 6 nitrogen and oxygen atoms in total. The highest BCUT2D eigenvalue weighted by Gasteiger charge is 2.22. The lowest BCUT2D eigenvalue weighted by Crippen LogP contribution is -2.26. The average molecular weight is 413 g/mol. The number of rotatable bonds is 8. The maximum absolute atomic E-state index is 11.0.